The largest absolute Gasteiger partial charge is 0.393 e. The van der Waals surface area contributed by atoms with Gasteiger partial charge < -0.3 is 5.11 Å². The molecule has 0 unspecified atom stereocenters. The van der Waals surface area contributed by atoms with E-state index in [4.69, 9.17) is 0 Å². The minimum absolute atomic E-state index is 0.143. The normalized spacial score (nSPS) is 18.7. The Labute approximate surface area is 109 Å². The monoisotopic (exact) mass is 242 g/mol. The van der Waals surface area contributed by atoms with Gasteiger partial charge in [-0.05, 0) is 31.1 Å². The Morgan fingerprint density at radius 3 is 1.71 bits per heavy atom. The third kappa shape index (κ3) is 9.64. The molecule has 0 saturated carbocycles. The smallest absolute Gasteiger partial charge is 0.0537 e. The van der Waals surface area contributed by atoms with Crippen LogP contribution in [0.4, 0.5) is 0 Å². The summed E-state index contributed by atoms with van der Waals surface area (Å²) in [7, 11) is 0. The number of rotatable bonds is 10. The summed E-state index contributed by atoms with van der Waals surface area (Å²) in [5.74, 6) is 2.22. The number of aliphatic hydroxyl groups is 1. The highest BCUT2D eigenvalue weighted by molar-refractivity contribution is 4.62. The molecule has 17 heavy (non-hydrogen) atoms. The lowest BCUT2D eigenvalue weighted by Crippen LogP contribution is -2.13. The van der Waals surface area contributed by atoms with E-state index < -0.39 is 0 Å². The number of aliphatic hydroxyl groups excluding tert-OH is 1. The molecule has 0 bridgehead atoms. The molecule has 0 heterocycles. The molecule has 0 aliphatic heterocycles. The zero-order chi connectivity index (χ0) is 13.3. The van der Waals surface area contributed by atoms with Gasteiger partial charge in [-0.15, -0.1) is 0 Å². The molecule has 1 heteroatoms. The Morgan fingerprint density at radius 1 is 0.765 bits per heavy atom. The highest BCUT2D eigenvalue weighted by atomic mass is 16.3. The first-order valence-corrected chi connectivity index (χ1v) is 7.65. The fraction of sp³-hybridized carbons (Fsp3) is 1.00. The third-order valence-corrected chi connectivity index (χ3v) is 4.27. The lowest BCUT2D eigenvalue weighted by molar-refractivity contribution is 0.127. The minimum atomic E-state index is -0.143. The van der Waals surface area contributed by atoms with Crippen molar-refractivity contribution >= 4 is 0 Å². The molecule has 0 radical (unpaired) electrons. The van der Waals surface area contributed by atoms with E-state index in [1.165, 1.54) is 44.9 Å². The summed E-state index contributed by atoms with van der Waals surface area (Å²) in [6.45, 7) is 11.1. The van der Waals surface area contributed by atoms with Crippen LogP contribution in [0, 0.1) is 17.8 Å². The van der Waals surface area contributed by atoms with E-state index in [2.05, 4.69) is 27.7 Å². The van der Waals surface area contributed by atoms with Crippen molar-refractivity contribution in [1.82, 2.24) is 0 Å². The number of hydrogen-bond acceptors (Lipinski definition) is 1. The van der Waals surface area contributed by atoms with Crippen LogP contribution < -0.4 is 0 Å². The summed E-state index contributed by atoms with van der Waals surface area (Å²) in [5.41, 5.74) is 0. The highest BCUT2D eigenvalue weighted by Crippen LogP contribution is 2.20. The van der Waals surface area contributed by atoms with E-state index in [9.17, 15) is 5.11 Å². The summed E-state index contributed by atoms with van der Waals surface area (Å²) in [5, 5.41) is 9.42. The van der Waals surface area contributed by atoms with Crippen LogP contribution in [0.1, 0.15) is 79.6 Å². The molecule has 0 aromatic carbocycles. The molecule has 4 atom stereocenters. The quantitative estimate of drug-likeness (QED) is 0.570. The van der Waals surface area contributed by atoms with Gasteiger partial charge >= 0.3 is 0 Å². The van der Waals surface area contributed by atoms with Crippen LogP contribution in [0.3, 0.4) is 0 Å². The van der Waals surface area contributed by atoms with Gasteiger partial charge in [0.1, 0.15) is 0 Å². The van der Waals surface area contributed by atoms with Crippen molar-refractivity contribution in [3.63, 3.8) is 0 Å². The van der Waals surface area contributed by atoms with E-state index in [0.717, 1.165) is 11.8 Å². The average molecular weight is 242 g/mol. The van der Waals surface area contributed by atoms with Crippen LogP contribution in [-0.2, 0) is 0 Å². The zero-order valence-corrected chi connectivity index (χ0v) is 12.7. The molecule has 0 aromatic rings. The van der Waals surface area contributed by atoms with Crippen molar-refractivity contribution in [3.8, 4) is 0 Å². The van der Waals surface area contributed by atoms with Gasteiger partial charge in [-0.1, -0.05) is 66.2 Å². The Morgan fingerprint density at radius 2 is 1.24 bits per heavy atom. The van der Waals surface area contributed by atoms with Crippen molar-refractivity contribution in [2.24, 2.45) is 17.8 Å². The fourth-order valence-electron chi connectivity index (χ4n) is 2.19. The van der Waals surface area contributed by atoms with Crippen LogP contribution in [0.5, 0.6) is 0 Å². The Kier molecular flexibility index (Phi) is 9.91. The van der Waals surface area contributed by atoms with E-state index in [1.807, 2.05) is 6.92 Å². The van der Waals surface area contributed by atoms with Crippen molar-refractivity contribution in [2.45, 2.75) is 85.7 Å². The second-order valence-electron chi connectivity index (χ2n) is 6.20. The minimum Gasteiger partial charge on any atom is -0.393 e. The molecule has 0 amide bonds. The molecular formula is C16H34O. The molecule has 104 valence electrons. The van der Waals surface area contributed by atoms with Gasteiger partial charge in [0.2, 0.25) is 0 Å². The molecule has 1 nitrogen and oxygen atoms in total. The SMILES string of the molecule is CC[C@H](C)CCC[C@H](C)CCC[C@@H](C)[C@@H](C)O. The molecule has 0 aliphatic rings. The molecule has 0 spiro atoms. The Hall–Kier alpha value is -0.0400. The van der Waals surface area contributed by atoms with Gasteiger partial charge in [-0.2, -0.15) is 0 Å². The standard InChI is InChI=1S/C16H34O/c1-6-13(2)9-7-10-14(3)11-8-12-15(4)16(5)17/h13-17H,6-12H2,1-5H3/t13-,14-,15+,16+/m0/s1. The van der Waals surface area contributed by atoms with Gasteiger partial charge in [0.15, 0.2) is 0 Å². The van der Waals surface area contributed by atoms with Crippen molar-refractivity contribution in [2.75, 3.05) is 0 Å². The zero-order valence-electron chi connectivity index (χ0n) is 12.7. The van der Waals surface area contributed by atoms with Crippen LogP contribution in [-0.4, -0.2) is 11.2 Å². The van der Waals surface area contributed by atoms with Crippen molar-refractivity contribution < 1.29 is 5.11 Å². The molecular weight excluding hydrogens is 208 g/mol. The maximum Gasteiger partial charge on any atom is 0.0537 e. The topological polar surface area (TPSA) is 20.2 Å². The molecule has 0 rings (SSSR count). The van der Waals surface area contributed by atoms with Gasteiger partial charge in [-0.3, -0.25) is 0 Å². The van der Waals surface area contributed by atoms with Crippen molar-refractivity contribution in [1.29, 1.82) is 0 Å². The molecule has 0 aliphatic carbocycles. The van der Waals surface area contributed by atoms with Gasteiger partial charge in [-0.25, -0.2) is 0 Å². The second-order valence-corrected chi connectivity index (χ2v) is 6.20. The van der Waals surface area contributed by atoms with Gasteiger partial charge in [0.05, 0.1) is 6.10 Å². The maximum absolute atomic E-state index is 9.42. The molecule has 0 fully saturated rings. The van der Waals surface area contributed by atoms with E-state index in [-0.39, 0.29) is 6.10 Å². The Bertz CT molecular complexity index is 165. The predicted octanol–water partition coefficient (Wildman–Crippen LogP) is 5.03. The van der Waals surface area contributed by atoms with E-state index >= 15 is 0 Å². The van der Waals surface area contributed by atoms with Crippen LogP contribution in [0.25, 0.3) is 0 Å². The fourth-order valence-corrected chi connectivity index (χ4v) is 2.19. The predicted molar refractivity (Wildman–Crippen MR) is 77.2 cm³/mol. The molecule has 0 aromatic heterocycles. The van der Waals surface area contributed by atoms with Gasteiger partial charge in [0.25, 0.3) is 0 Å². The number of hydrogen-bond donors (Lipinski definition) is 1. The summed E-state index contributed by atoms with van der Waals surface area (Å²) in [6, 6.07) is 0. The molecule has 1 N–H and O–H groups in total. The lowest BCUT2D eigenvalue weighted by atomic mass is 9.91. The summed E-state index contributed by atoms with van der Waals surface area (Å²) >= 11 is 0. The summed E-state index contributed by atoms with van der Waals surface area (Å²) in [4.78, 5) is 0. The van der Waals surface area contributed by atoms with Crippen molar-refractivity contribution in [3.05, 3.63) is 0 Å². The average Bonchev–Trinajstić information content (AvgIpc) is 2.28. The molecule has 0 saturated heterocycles. The summed E-state index contributed by atoms with van der Waals surface area (Å²) in [6.07, 6.45) is 9.12. The summed E-state index contributed by atoms with van der Waals surface area (Å²) < 4.78 is 0. The van der Waals surface area contributed by atoms with E-state index in [1.54, 1.807) is 0 Å². The second kappa shape index (κ2) is 9.94. The first-order valence-electron chi connectivity index (χ1n) is 7.65. The van der Waals surface area contributed by atoms with Crippen LogP contribution in [0.15, 0.2) is 0 Å². The van der Waals surface area contributed by atoms with Crippen LogP contribution >= 0.6 is 0 Å². The highest BCUT2D eigenvalue weighted by Gasteiger charge is 2.09. The lowest BCUT2D eigenvalue weighted by Gasteiger charge is -2.16. The first kappa shape index (κ1) is 17.0. The third-order valence-electron chi connectivity index (χ3n) is 4.27. The van der Waals surface area contributed by atoms with E-state index in [0.29, 0.717) is 5.92 Å². The van der Waals surface area contributed by atoms with Crippen LogP contribution in [0.2, 0.25) is 0 Å². The first-order chi connectivity index (χ1) is 7.97. The Balaban J connectivity index is 3.43. The maximum atomic E-state index is 9.42. The van der Waals surface area contributed by atoms with Gasteiger partial charge in [0, 0.05) is 0 Å².